The Hall–Kier alpha value is -3.13. The van der Waals surface area contributed by atoms with Gasteiger partial charge in [0.05, 0.1) is 6.04 Å². The number of anilines is 2. The maximum absolute atomic E-state index is 14.6. The number of piperidine rings is 1. The van der Waals surface area contributed by atoms with E-state index in [4.69, 9.17) is 23.2 Å². The molecule has 6 rings (SSSR count). The second-order valence-corrected chi connectivity index (χ2v) is 11.1. The van der Waals surface area contributed by atoms with Gasteiger partial charge in [0.25, 0.3) is 0 Å². The fourth-order valence-corrected chi connectivity index (χ4v) is 6.79. The molecule has 3 heterocycles. The lowest BCUT2D eigenvalue weighted by atomic mass is 9.58. The highest BCUT2D eigenvalue weighted by Crippen LogP contribution is 2.59. The lowest BCUT2D eigenvalue weighted by molar-refractivity contribution is -0.131. The van der Waals surface area contributed by atoms with Crippen LogP contribution in [0.15, 0.2) is 54.6 Å². The predicted octanol–water partition coefficient (Wildman–Crippen LogP) is 5.09. The summed E-state index contributed by atoms with van der Waals surface area (Å²) in [5, 5.41) is 10.5. The van der Waals surface area contributed by atoms with Gasteiger partial charge < -0.3 is 20.9 Å². The largest absolute Gasteiger partial charge is 0.369 e. The first-order chi connectivity index (χ1) is 18.3. The molecule has 0 aromatic heterocycles. The summed E-state index contributed by atoms with van der Waals surface area (Å²) < 4.78 is 14.6. The molecule has 1 spiro atoms. The smallest absolute Gasteiger partial charge is 0.238 e. The van der Waals surface area contributed by atoms with Gasteiger partial charge in [-0.05, 0) is 71.6 Å². The van der Waals surface area contributed by atoms with Gasteiger partial charge >= 0.3 is 0 Å². The molecule has 3 atom stereocenters. The maximum atomic E-state index is 14.6. The molecular formula is C29H27Cl2FN4O2. The predicted molar refractivity (Wildman–Crippen MR) is 148 cm³/mol. The number of fused-ring (bicyclic) bond motifs is 2. The molecule has 2 fully saturated rings. The second-order valence-electron chi connectivity index (χ2n) is 10.2. The van der Waals surface area contributed by atoms with Crippen LogP contribution in [-0.2, 0) is 15.0 Å². The van der Waals surface area contributed by atoms with E-state index < -0.39 is 23.2 Å². The van der Waals surface area contributed by atoms with E-state index in [-0.39, 0.29) is 18.2 Å². The SMILES string of the molecule is Cc1ccc(F)cc1[C@@H]1NC(=O)C[C@H](c2cc(Cl)ccc2N2CCNCC2)C12C(=O)Nc1cc(Cl)ccc12. The average Bonchev–Trinajstić information content (AvgIpc) is 3.18. The monoisotopic (exact) mass is 552 g/mol. The summed E-state index contributed by atoms with van der Waals surface area (Å²) in [7, 11) is 0. The van der Waals surface area contributed by atoms with Crippen LogP contribution in [0.1, 0.15) is 40.6 Å². The van der Waals surface area contributed by atoms with E-state index in [1.54, 1.807) is 18.2 Å². The van der Waals surface area contributed by atoms with Crippen LogP contribution in [0, 0.1) is 12.7 Å². The minimum Gasteiger partial charge on any atom is -0.369 e. The molecule has 3 N–H and O–H groups in total. The van der Waals surface area contributed by atoms with Gasteiger partial charge in [0.2, 0.25) is 11.8 Å². The molecular weight excluding hydrogens is 526 g/mol. The number of nitrogens with zero attached hydrogens (tertiary/aromatic N) is 1. The summed E-state index contributed by atoms with van der Waals surface area (Å²) in [5.74, 6) is -1.48. The Morgan fingerprint density at radius 1 is 0.947 bits per heavy atom. The van der Waals surface area contributed by atoms with E-state index >= 15 is 0 Å². The topological polar surface area (TPSA) is 73.5 Å². The summed E-state index contributed by atoms with van der Waals surface area (Å²) in [6.45, 7) is 5.08. The molecule has 0 aliphatic carbocycles. The molecule has 6 nitrogen and oxygen atoms in total. The Morgan fingerprint density at radius 3 is 2.47 bits per heavy atom. The zero-order chi connectivity index (χ0) is 26.6. The number of aryl methyl sites for hydroxylation is 1. The second kappa shape index (κ2) is 9.56. The first-order valence-electron chi connectivity index (χ1n) is 12.7. The van der Waals surface area contributed by atoms with Crippen LogP contribution in [0.5, 0.6) is 0 Å². The van der Waals surface area contributed by atoms with Crippen LogP contribution < -0.4 is 20.9 Å². The summed E-state index contributed by atoms with van der Waals surface area (Å²) >= 11 is 12.9. The van der Waals surface area contributed by atoms with Crippen LogP contribution in [0.25, 0.3) is 0 Å². The van der Waals surface area contributed by atoms with Crippen LogP contribution in [0.2, 0.25) is 10.0 Å². The zero-order valence-electron chi connectivity index (χ0n) is 20.8. The Morgan fingerprint density at radius 2 is 1.68 bits per heavy atom. The summed E-state index contributed by atoms with van der Waals surface area (Å²) in [4.78, 5) is 30.0. The molecule has 3 aromatic rings. The van der Waals surface area contributed by atoms with Crippen molar-refractivity contribution >= 4 is 46.4 Å². The van der Waals surface area contributed by atoms with Crippen LogP contribution in [-0.4, -0.2) is 38.0 Å². The van der Waals surface area contributed by atoms with E-state index in [2.05, 4.69) is 20.9 Å². The van der Waals surface area contributed by atoms with Crippen molar-refractivity contribution in [2.24, 2.45) is 0 Å². The Bertz CT molecular complexity index is 1460. The highest BCUT2D eigenvalue weighted by molar-refractivity contribution is 6.31. The number of rotatable bonds is 3. The highest BCUT2D eigenvalue weighted by atomic mass is 35.5. The molecule has 38 heavy (non-hydrogen) atoms. The number of nitrogens with one attached hydrogen (secondary N) is 3. The third-order valence-corrected chi connectivity index (χ3v) is 8.60. The summed E-state index contributed by atoms with van der Waals surface area (Å²) in [6.07, 6.45) is 0.0692. The van der Waals surface area contributed by atoms with E-state index in [1.165, 1.54) is 12.1 Å². The van der Waals surface area contributed by atoms with Crippen LogP contribution in [0.3, 0.4) is 0 Å². The van der Waals surface area contributed by atoms with Crippen molar-refractivity contribution in [2.45, 2.75) is 30.7 Å². The molecule has 3 aromatic carbocycles. The fourth-order valence-electron chi connectivity index (χ4n) is 6.44. The first-order valence-corrected chi connectivity index (χ1v) is 13.5. The maximum Gasteiger partial charge on any atom is 0.238 e. The van der Waals surface area contributed by atoms with Crippen molar-refractivity contribution in [1.29, 1.82) is 0 Å². The van der Waals surface area contributed by atoms with E-state index in [0.717, 1.165) is 48.6 Å². The molecule has 1 unspecified atom stereocenters. The minimum atomic E-state index is -1.26. The van der Waals surface area contributed by atoms with Gasteiger partial charge in [-0.2, -0.15) is 0 Å². The minimum absolute atomic E-state index is 0.0692. The standard InChI is InChI=1S/C29H27Cl2FN4O2/c1-16-2-5-19(32)14-20(16)27-29(22-6-3-18(31)13-24(22)34-28(29)38)23(15-26(37)35-27)21-12-17(30)4-7-25(21)36-10-8-33-9-11-36/h2-7,12-14,23,27,33H,8-11,15H2,1H3,(H,34,38)(H,35,37)/t23-,27+,29?/m1/s1. The zero-order valence-corrected chi connectivity index (χ0v) is 22.3. The normalized spacial score (nSPS) is 24.8. The van der Waals surface area contributed by atoms with Gasteiger partial charge in [-0.3, -0.25) is 9.59 Å². The summed E-state index contributed by atoms with van der Waals surface area (Å²) in [6, 6.07) is 14.7. The van der Waals surface area contributed by atoms with Crippen molar-refractivity contribution in [3.8, 4) is 0 Å². The van der Waals surface area contributed by atoms with Gasteiger partial charge in [0.1, 0.15) is 11.2 Å². The van der Waals surface area contributed by atoms with Gasteiger partial charge in [0, 0.05) is 59.9 Å². The lowest BCUT2D eigenvalue weighted by Gasteiger charge is -2.47. The van der Waals surface area contributed by atoms with Gasteiger partial charge in [-0.25, -0.2) is 4.39 Å². The number of hydrogen-bond acceptors (Lipinski definition) is 4. The number of halogens is 3. The van der Waals surface area contributed by atoms with Crippen molar-refractivity contribution in [2.75, 3.05) is 36.4 Å². The number of piperazine rings is 1. The molecule has 3 aliphatic rings. The van der Waals surface area contributed by atoms with Crippen molar-refractivity contribution in [3.63, 3.8) is 0 Å². The Kier molecular flexibility index (Phi) is 6.33. The fraction of sp³-hybridized carbons (Fsp3) is 0.310. The third-order valence-electron chi connectivity index (χ3n) is 8.13. The van der Waals surface area contributed by atoms with Crippen molar-refractivity contribution in [3.05, 3.63) is 92.7 Å². The van der Waals surface area contributed by atoms with Crippen LogP contribution >= 0.6 is 23.2 Å². The number of amides is 2. The van der Waals surface area contributed by atoms with E-state index in [9.17, 15) is 14.0 Å². The number of carbonyl (C=O) groups excluding carboxylic acids is 2. The number of carbonyl (C=O) groups is 2. The quantitative estimate of drug-likeness (QED) is 0.423. The Balaban J connectivity index is 1.64. The molecule has 2 saturated heterocycles. The highest BCUT2D eigenvalue weighted by Gasteiger charge is 2.61. The van der Waals surface area contributed by atoms with Crippen LogP contribution in [0.4, 0.5) is 15.8 Å². The van der Waals surface area contributed by atoms with Gasteiger partial charge in [-0.1, -0.05) is 35.3 Å². The lowest BCUT2D eigenvalue weighted by Crippen LogP contribution is -2.57. The average molecular weight is 553 g/mol. The van der Waals surface area contributed by atoms with Gasteiger partial charge in [0.15, 0.2) is 0 Å². The molecule has 0 saturated carbocycles. The van der Waals surface area contributed by atoms with Gasteiger partial charge in [-0.15, -0.1) is 0 Å². The molecule has 2 amide bonds. The van der Waals surface area contributed by atoms with Crippen molar-refractivity contribution < 1.29 is 14.0 Å². The Labute approximate surface area is 230 Å². The molecule has 196 valence electrons. The molecule has 9 heteroatoms. The number of hydrogen-bond donors (Lipinski definition) is 3. The molecule has 3 aliphatic heterocycles. The molecule has 0 bridgehead atoms. The number of benzene rings is 3. The van der Waals surface area contributed by atoms with E-state index in [1.807, 2.05) is 31.2 Å². The first kappa shape index (κ1) is 25.2. The van der Waals surface area contributed by atoms with E-state index in [0.29, 0.717) is 21.3 Å². The molecule has 0 radical (unpaired) electrons. The summed E-state index contributed by atoms with van der Waals surface area (Å²) in [5.41, 5.74) is 3.16. The third kappa shape index (κ3) is 3.96. The van der Waals surface area contributed by atoms with Crippen molar-refractivity contribution in [1.82, 2.24) is 10.6 Å².